The van der Waals surface area contributed by atoms with Crippen LogP contribution in [0.2, 0.25) is 0 Å². The van der Waals surface area contributed by atoms with E-state index < -0.39 is 0 Å². The SMILES string of the molecule is N#Cc1ccc(CN2CCCO[C@H](CN3CCOCC3)C2)cc1. The third-order valence-electron chi connectivity index (χ3n) is 4.49. The van der Waals surface area contributed by atoms with Crippen LogP contribution in [0.1, 0.15) is 17.5 Å². The highest BCUT2D eigenvalue weighted by atomic mass is 16.5. The van der Waals surface area contributed by atoms with Gasteiger partial charge in [0.1, 0.15) is 0 Å². The smallest absolute Gasteiger partial charge is 0.0991 e. The monoisotopic (exact) mass is 315 g/mol. The fraction of sp³-hybridized carbons (Fsp3) is 0.611. The standard InChI is InChI=1S/C18H25N3O2/c19-12-16-2-4-17(5-3-16)13-21-6-1-9-23-18(15-21)14-20-7-10-22-11-8-20/h2-5,18H,1,6-11,13-15H2/t18-/m1/s1. The lowest BCUT2D eigenvalue weighted by atomic mass is 10.1. The van der Waals surface area contributed by atoms with Gasteiger partial charge in [0, 0.05) is 45.9 Å². The summed E-state index contributed by atoms with van der Waals surface area (Å²) in [6.07, 6.45) is 1.35. The van der Waals surface area contributed by atoms with E-state index in [0.29, 0.717) is 0 Å². The molecule has 0 bridgehead atoms. The lowest BCUT2D eigenvalue weighted by Gasteiger charge is -2.31. The van der Waals surface area contributed by atoms with Gasteiger partial charge in [-0.05, 0) is 24.1 Å². The molecule has 1 atom stereocenters. The van der Waals surface area contributed by atoms with Gasteiger partial charge in [-0.2, -0.15) is 5.26 Å². The number of hydrogen-bond acceptors (Lipinski definition) is 5. The van der Waals surface area contributed by atoms with Crippen LogP contribution in [0.3, 0.4) is 0 Å². The molecule has 2 aliphatic rings. The van der Waals surface area contributed by atoms with Gasteiger partial charge in [-0.15, -0.1) is 0 Å². The van der Waals surface area contributed by atoms with Crippen molar-refractivity contribution in [2.75, 3.05) is 52.5 Å². The van der Waals surface area contributed by atoms with E-state index in [4.69, 9.17) is 14.7 Å². The van der Waals surface area contributed by atoms with Gasteiger partial charge in [0.25, 0.3) is 0 Å². The van der Waals surface area contributed by atoms with Crippen LogP contribution < -0.4 is 0 Å². The van der Waals surface area contributed by atoms with Crippen LogP contribution in [0.5, 0.6) is 0 Å². The predicted octanol–water partition coefficient (Wildman–Crippen LogP) is 1.48. The second-order valence-electron chi connectivity index (χ2n) is 6.30. The topological polar surface area (TPSA) is 48.7 Å². The third kappa shape index (κ3) is 5.02. The predicted molar refractivity (Wildman–Crippen MR) is 88.1 cm³/mol. The Labute approximate surface area is 138 Å². The molecular weight excluding hydrogens is 290 g/mol. The number of hydrogen-bond donors (Lipinski definition) is 0. The van der Waals surface area contributed by atoms with Crippen LogP contribution in [-0.4, -0.2) is 68.4 Å². The van der Waals surface area contributed by atoms with Gasteiger partial charge in [-0.25, -0.2) is 0 Å². The molecule has 0 amide bonds. The zero-order valence-electron chi connectivity index (χ0n) is 13.6. The quantitative estimate of drug-likeness (QED) is 0.842. The minimum atomic E-state index is 0.272. The number of nitriles is 1. The van der Waals surface area contributed by atoms with Crippen molar-refractivity contribution in [3.63, 3.8) is 0 Å². The van der Waals surface area contributed by atoms with Crippen LogP contribution in [-0.2, 0) is 16.0 Å². The zero-order chi connectivity index (χ0) is 15.9. The van der Waals surface area contributed by atoms with Crippen LogP contribution in [0.15, 0.2) is 24.3 Å². The molecule has 2 heterocycles. The van der Waals surface area contributed by atoms with Crippen molar-refractivity contribution in [2.24, 2.45) is 0 Å². The maximum Gasteiger partial charge on any atom is 0.0991 e. The Morgan fingerprint density at radius 1 is 1.04 bits per heavy atom. The Kier molecular flexibility index (Phi) is 6.00. The highest BCUT2D eigenvalue weighted by Gasteiger charge is 2.22. The van der Waals surface area contributed by atoms with Gasteiger partial charge in [0.05, 0.1) is 31.0 Å². The summed E-state index contributed by atoms with van der Waals surface area (Å²) < 4.78 is 11.5. The number of rotatable bonds is 4. The molecule has 1 aromatic rings. The number of ether oxygens (including phenoxy) is 2. The summed E-state index contributed by atoms with van der Waals surface area (Å²) in [5.41, 5.74) is 1.98. The highest BCUT2D eigenvalue weighted by Crippen LogP contribution is 2.13. The minimum absolute atomic E-state index is 0.272. The lowest BCUT2D eigenvalue weighted by Crippen LogP contribution is -2.44. The Morgan fingerprint density at radius 3 is 2.57 bits per heavy atom. The summed E-state index contributed by atoms with van der Waals surface area (Å²) in [6.45, 7) is 8.49. The maximum absolute atomic E-state index is 8.89. The first-order chi connectivity index (χ1) is 11.3. The molecule has 0 radical (unpaired) electrons. The van der Waals surface area contributed by atoms with E-state index in [1.54, 1.807) is 0 Å². The average Bonchev–Trinajstić information content (AvgIpc) is 2.81. The van der Waals surface area contributed by atoms with Crippen LogP contribution >= 0.6 is 0 Å². The Balaban J connectivity index is 1.54. The molecule has 1 aromatic carbocycles. The molecule has 0 saturated carbocycles. The largest absolute Gasteiger partial charge is 0.379 e. The van der Waals surface area contributed by atoms with Crippen molar-refractivity contribution in [3.8, 4) is 6.07 Å². The Morgan fingerprint density at radius 2 is 1.83 bits per heavy atom. The normalized spacial score (nSPS) is 24.0. The second-order valence-corrected chi connectivity index (χ2v) is 6.30. The van der Waals surface area contributed by atoms with E-state index in [9.17, 15) is 0 Å². The summed E-state index contributed by atoms with van der Waals surface area (Å²) in [5.74, 6) is 0. The summed E-state index contributed by atoms with van der Waals surface area (Å²) in [5, 5.41) is 8.89. The van der Waals surface area contributed by atoms with Gasteiger partial charge in [-0.3, -0.25) is 9.80 Å². The first-order valence-corrected chi connectivity index (χ1v) is 8.46. The lowest BCUT2D eigenvalue weighted by molar-refractivity contribution is -0.0122. The van der Waals surface area contributed by atoms with Crippen molar-refractivity contribution in [2.45, 2.75) is 19.1 Å². The zero-order valence-corrected chi connectivity index (χ0v) is 13.6. The fourth-order valence-corrected chi connectivity index (χ4v) is 3.24. The maximum atomic E-state index is 8.89. The minimum Gasteiger partial charge on any atom is -0.379 e. The Bertz CT molecular complexity index is 520. The van der Waals surface area contributed by atoms with Gasteiger partial charge < -0.3 is 9.47 Å². The molecule has 5 nitrogen and oxygen atoms in total. The van der Waals surface area contributed by atoms with Gasteiger partial charge in [0.15, 0.2) is 0 Å². The van der Waals surface area contributed by atoms with Crippen molar-refractivity contribution >= 4 is 0 Å². The molecular formula is C18H25N3O2. The van der Waals surface area contributed by atoms with E-state index in [1.165, 1.54) is 5.56 Å². The van der Waals surface area contributed by atoms with E-state index in [1.807, 2.05) is 12.1 Å². The number of morpholine rings is 1. The molecule has 2 saturated heterocycles. The van der Waals surface area contributed by atoms with E-state index in [-0.39, 0.29) is 6.10 Å². The molecule has 0 aromatic heterocycles. The molecule has 124 valence electrons. The molecule has 23 heavy (non-hydrogen) atoms. The summed E-state index contributed by atoms with van der Waals surface area (Å²) in [6, 6.07) is 10.1. The molecule has 0 spiro atoms. The van der Waals surface area contributed by atoms with Crippen molar-refractivity contribution in [1.82, 2.24) is 9.80 Å². The average molecular weight is 315 g/mol. The van der Waals surface area contributed by atoms with E-state index >= 15 is 0 Å². The summed E-state index contributed by atoms with van der Waals surface area (Å²) in [7, 11) is 0. The fourth-order valence-electron chi connectivity index (χ4n) is 3.24. The molecule has 0 aliphatic carbocycles. The van der Waals surface area contributed by atoms with Gasteiger partial charge in [-0.1, -0.05) is 12.1 Å². The second kappa shape index (κ2) is 8.42. The first kappa shape index (κ1) is 16.4. The molecule has 5 heteroatoms. The van der Waals surface area contributed by atoms with E-state index in [0.717, 1.165) is 71.1 Å². The summed E-state index contributed by atoms with van der Waals surface area (Å²) in [4.78, 5) is 4.92. The molecule has 2 fully saturated rings. The van der Waals surface area contributed by atoms with Gasteiger partial charge in [0.2, 0.25) is 0 Å². The third-order valence-corrected chi connectivity index (χ3v) is 4.49. The van der Waals surface area contributed by atoms with Crippen molar-refractivity contribution in [3.05, 3.63) is 35.4 Å². The van der Waals surface area contributed by atoms with Crippen LogP contribution in [0.4, 0.5) is 0 Å². The molecule has 0 N–H and O–H groups in total. The highest BCUT2D eigenvalue weighted by molar-refractivity contribution is 5.31. The van der Waals surface area contributed by atoms with E-state index in [2.05, 4.69) is 28.0 Å². The van der Waals surface area contributed by atoms with Crippen LogP contribution in [0.25, 0.3) is 0 Å². The van der Waals surface area contributed by atoms with Crippen LogP contribution in [0, 0.1) is 11.3 Å². The number of nitrogens with zero attached hydrogens (tertiary/aromatic N) is 3. The molecule has 3 rings (SSSR count). The van der Waals surface area contributed by atoms with Crippen molar-refractivity contribution in [1.29, 1.82) is 5.26 Å². The number of benzene rings is 1. The Hall–Kier alpha value is -1.45. The van der Waals surface area contributed by atoms with Crippen molar-refractivity contribution < 1.29 is 9.47 Å². The van der Waals surface area contributed by atoms with Gasteiger partial charge >= 0.3 is 0 Å². The molecule has 0 unspecified atom stereocenters. The first-order valence-electron chi connectivity index (χ1n) is 8.46. The molecule has 2 aliphatic heterocycles. The summed E-state index contributed by atoms with van der Waals surface area (Å²) >= 11 is 0.